The molecule has 1 heterocycles. The third-order valence-electron chi connectivity index (χ3n) is 4.77. The van der Waals surface area contributed by atoms with Crippen molar-refractivity contribution in [2.45, 2.75) is 35.5 Å². The Hall–Kier alpha value is -1.67. The maximum Gasteiger partial charge on any atom is 0.274 e. The average Bonchev–Trinajstić information content (AvgIpc) is 3.05. The Balaban J connectivity index is 1.79. The fourth-order valence-corrected chi connectivity index (χ4v) is 3.72. The zero-order valence-corrected chi connectivity index (χ0v) is 16.3. The van der Waals surface area contributed by atoms with Crippen LogP contribution >= 0.6 is 34.8 Å². The highest BCUT2D eigenvalue weighted by molar-refractivity contribution is 6.76. The number of carbonyl (C=O) groups excluding carboxylic acids is 1. The van der Waals surface area contributed by atoms with Crippen LogP contribution in [0.5, 0.6) is 0 Å². The van der Waals surface area contributed by atoms with Crippen LogP contribution in [0.4, 0.5) is 0 Å². The molecular formula is C19H18Cl3N3O. The van der Waals surface area contributed by atoms with E-state index in [1.54, 1.807) is 4.90 Å². The Morgan fingerprint density at radius 2 is 2.12 bits per heavy atom. The summed E-state index contributed by atoms with van der Waals surface area (Å²) in [7, 11) is 0. The van der Waals surface area contributed by atoms with Crippen LogP contribution in [-0.2, 0) is 11.2 Å². The molecule has 0 aliphatic heterocycles. The van der Waals surface area contributed by atoms with Crippen molar-refractivity contribution in [2.24, 2.45) is 0 Å². The summed E-state index contributed by atoms with van der Waals surface area (Å²) in [4.78, 5) is 17.6. The molecule has 0 saturated carbocycles. The van der Waals surface area contributed by atoms with Gasteiger partial charge < -0.3 is 9.88 Å². The monoisotopic (exact) mass is 409 g/mol. The first-order chi connectivity index (χ1) is 12.4. The molecule has 136 valence electrons. The van der Waals surface area contributed by atoms with E-state index >= 15 is 0 Å². The number of allylic oxidation sites excluding steroid dienone is 1. The standard InChI is InChI=1S/C19H18Cl3N3O/c20-19(21,22)18(26)25(15-7-5-13(11-23)6-8-15)10-9-14-12-24-17-4-2-1-3-16(14)17/h1-5,12,15,24H,6-10H2. The molecule has 1 aromatic carbocycles. The lowest BCUT2D eigenvalue weighted by atomic mass is 9.94. The molecule has 1 unspecified atom stereocenters. The number of benzene rings is 1. The third-order valence-corrected chi connectivity index (χ3v) is 5.25. The van der Waals surface area contributed by atoms with E-state index < -0.39 is 9.70 Å². The number of halogens is 3. The second kappa shape index (κ2) is 7.92. The van der Waals surface area contributed by atoms with Crippen LogP contribution in [0.25, 0.3) is 10.9 Å². The summed E-state index contributed by atoms with van der Waals surface area (Å²) in [5.41, 5.74) is 2.92. The molecule has 1 amide bonds. The van der Waals surface area contributed by atoms with Crippen LogP contribution < -0.4 is 0 Å². The Bertz CT molecular complexity index is 876. The lowest BCUT2D eigenvalue weighted by Crippen LogP contribution is -2.47. The second-order valence-electron chi connectivity index (χ2n) is 6.38. The summed E-state index contributed by atoms with van der Waals surface area (Å²) in [5.74, 6) is -0.513. The van der Waals surface area contributed by atoms with Crippen molar-refractivity contribution in [2.75, 3.05) is 6.54 Å². The van der Waals surface area contributed by atoms with Crippen LogP contribution in [0.1, 0.15) is 24.8 Å². The number of hydrogen-bond acceptors (Lipinski definition) is 2. The molecule has 3 rings (SSSR count). The topological polar surface area (TPSA) is 59.9 Å². The number of H-pyrrole nitrogens is 1. The van der Waals surface area contributed by atoms with Crippen molar-refractivity contribution < 1.29 is 4.79 Å². The number of nitrogens with zero attached hydrogens (tertiary/aromatic N) is 2. The highest BCUT2D eigenvalue weighted by atomic mass is 35.6. The number of amides is 1. The van der Waals surface area contributed by atoms with Gasteiger partial charge in [-0.1, -0.05) is 59.1 Å². The Labute approximate surface area is 167 Å². The van der Waals surface area contributed by atoms with E-state index in [9.17, 15) is 4.79 Å². The number of aromatic amines is 1. The summed E-state index contributed by atoms with van der Waals surface area (Å²) in [6.45, 7) is 0.453. The first-order valence-corrected chi connectivity index (χ1v) is 9.55. The molecule has 0 saturated heterocycles. The van der Waals surface area contributed by atoms with Crippen molar-refractivity contribution in [3.63, 3.8) is 0 Å². The van der Waals surface area contributed by atoms with Gasteiger partial charge in [0.2, 0.25) is 0 Å². The first kappa shape index (κ1) is 19.1. The number of alkyl halides is 3. The molecule has 7 heteroatoms. The zero-order chi connectivity index (χ0) is 18.7. The summed E-state index contributed by atoms with van der Waals surface area (Å²) < 4.78 is -1.99. The molecule has 1 N–H and O–H groups in total. The number of fused-ring (bicyclic) bond motifs is 1. The number of hydrogen-bond donors (Lipinski definition) is 1. The van der Waals surface area contributed by atoms with Crippen LogP contribution in [0.15, 0.2) is 42.1 Å². The van der Waals surface area contributed by atoms with E-state index in [0.717, 1.165) is 22.0 Å². The van der Waals surface area contributed by atoms with Crippen LogP contribution in [-0.4, -0.2) is 32.2 Å². The highest BCUT2D eigenvalue weighted by Gasteiger charge is 2.38. The molecule has 1 aliphatic rings. The van der Waals surface area contributed by atoms with Crippen LogP contribution in [0, 0.1) is 11.3 Å². The number of carbonyl (C=O) groups is 1. The van der Waals surface area contributed by atoms with Gasteiger partial charge in [-0.15, -0.1) is 0 Å². The van der Waals surface area contributed by atoms with Gasteiger partial charge in [0.05, 0.1) is 6.07 Å². The summed E-state index contributed by atoms with van der Waals surface area (Å²) in [6, 6.07) is 10.1. The number of aromatic nitrogens is 1. The summed E-state index contributed by atoms with van der Waals surface area (Å²) in [6.07, 6.45) is 6.42. The molecule has 0 bridgehead atoms. The van der Waals surface area contributed by atoms with Gasteiger partial charge in [0, 0.05) is 35.3 Å². The predicted octanol–water partition coefficient (Wildman–Crippen LogP) is 4.91. The summed E-state index contributed by atoms with van der Waals surface area (Å²) >= 11 is 17.6. The maximum atomic E-state index is 12.7. The smallest absolute Gasteiger partial charge is 0.274 e. The van der Waals surface area contributed by atoms with Gasteiger partial charge in [-0.2, -0.15) is 5.26 Å². The van der Waals surface area contributed by atoms with Gasteiger partial charge in [-0.25, -0.2) is 0 Å². The number of rotatable bonds is 4. The van der Waals surface area contributed by atoms with E-state index in [2.05, 4.69) is 11.1 Å². The predicted molar refractivity (Wildman–Crippen MR) is 105 cm³/mol. The van der Waals surface area contributed by atoms with E-state index in [4.69, 9.17) is 40.1 Å². The van der Waals surface area contributed by atoms with Crippen molar-refractivity contribution >= 4 is 51.6 Å². The average molecular weight is 411 g/mol. The second-order valence-corrected chi connectivity index (χ2v) is 8.66. The van der Waals surface area contributed by atoms with Gasteiger partial charge in [-0.3, -0.25) is 4.79 Å². The van der Waals surface area contributed by atoms with E-state index in [-0.39, 0.29) is 6.04 Å². The fourth-order valence-electron chi connectivity index (χ4n) is 3.40. The molecule has 1 aromatic heterocycles. The third kappa shape index (κ3) is 4.17. The molecule has 1 aliphatic carbocycles. The van der Waals surface area contributed by atoms with E-state index in [1.165, 1.54) is 0 Å². The van der Waals surface area contributed by atoms with Crippen LogP contribution in [0.2, 0.25) is 0 Å². The Morgan fingerprint density at radius 1 is 1.35 bits per heavy atom. The van der Waals surface area contributed by atoms with E-state index in [1.807, 2.05) is 36.5 Å². The van der Waals surface area contributed by atoms with Gasteiger partial charge in [0.1, 0.15) is 0 Å². The Kier molecular flexibility index (Phi) is 5.82. The first-order valence-electron chi connectivity index (χ1n) is 8.42. The zero-order valence-electron chi connectivity index (χ0n) is 14.0. The van der Waals surface area contributed by atoms with Gasteiger partial charge in [-0.05, 0) is 37.3 Å². The largest absolute Gasteiger partial charge is 0.361 e. The maximum absolute atomic E-state index is 12.7. The minimum atomic E-state index is -1.99. The number of nitriles is 1. The van der Waals surface area contributed by atoms with E-state index in [0.29, 0.717) is 32.2 Å². The minimum absolute atomic E-state index is 0.0690. The van der Waals surface area contributed by atoms with Gasteiger partial charge in [0.15, 0.2) is 0 Å². The number of para-hydroxylation sites is 1. The molecule has 4 nitrogen and oxygen atoms in total. The normalized spacial score (nSPS) is 17.6. The molecule has 0 fully saturated rings. The SMILES string of the molecule is N#CC1=CCC(N(CCc2c[nH]c3ccccc23)C(=O)C(Cl)(Cl)Cl)CC1. The molecule has 2 aromatic rings. The lowest BCUT2D eigenvalue weighted by molar-refractivity contribution is -0.132. The van der Waals surface area contributed by atoms with Crippen molar-refractivity contribution in [3.05, 3.63) is 47.7 Å². The van der Waals surface area contributed by atoms with Crippen molar-refractivity contribution in [3.8, 4) is 6.07 Å². The molecule has 26 heavy (non-hydrogen) atoms. The molecule has 1 atom stereocenters. The number of nitrogens with one attached hydrogen (secondary N) is 1. The molecule has 0 radical (unpaired) electrons. The fraction of sp³-hybridized carbons (Fsp3) is 0.368. The van der Waals surface area contributed by atoms with Gasteiger partial charge >= 0.3 is 0 Å². The quantitative estimate of drug-likeness (QED) is 0.728. The lowest BCUT2D eigenvalue weighted by Gasteiger charge is -2.35. The summed E-state index contributed by atoms with van der Waals surface area (Å²) in [5, 5.41) is 10.1. The van der Waals surface area contributed by atoms with Crippen molar-refractivity contribution in [1.82, 2.24) is 9.88 Å². The molecule has 0 spiro atoms. The highest BCUT2D eigenvalue weighted by Crippen LogP contribution is 2.32. The van der Waals surface area contributed by atoms with Crippen molar-refractivity contribution in [1.29, 1.82) is 5.26 Å². The van der Waals surface area contributed by atoms with Crippen LogP contribution in [0.3, 0.4) is 0 Å². The minimum Gasteiger partial charge on any atom is -0.361 e. The van der Waals surface area contributed by atoms with Gasteiger partial charge in [0.25, 0.3) is 9.70 Å². The Morgan fingerprint density at radius 3 is 2.77 bits per heavy atom. The molecular weight excluding hydrogens is 393 g/mol.